The summed E-state index contributed by atoms with van der Waals surface area (Å²) < 4.78 is 14.8. The molecular weight excluding hydrogens is 325 g/mol. The molecule has 98 valence electrons. The molecule has 0 fully saturated rings. The number of benzene rings is 1. The molecule has 0 aromatic heterocycles. The highest BCUT2D eigenvalue weighted by atomic mass is 79.9. The number of rotatable bonds is 7. The van der Waals surface area contributed by atoms with Crippen molar-refractivity contribution in [3.05, 3.63) is 29.8 Å². The highest BCUT2D eigenvalue weighted by Crippen LogP contribution is 2.20. The maximum Gasteiger partial charge on any atom is 0.539 e. The molecule has 18 heavy (non-hydrogen) atoms. The molecule has 1 aromatic carbocycles. The molecule has 0 aliphatic carbocycles. The Morgan fingerprint density at radius 2 is 2.06 bits per heavy atom. The van der Waals surface area contributed by atoms with Gasteiger partial charge in [-0.1, -0.05) is 28.1 Å². The van der Waals surface area contributed by atoms with Crippen LogP contribution < -0.4 is 14.9 Å². The second-order valence-electron chi connectivity index (χ2n) is 3.21. The van der Waals surface area contributed by atoms with Crippen molar-refractivity contribution in [2.45, 2.75) is 6.42 Å². The normalized spacial score (nSPS) is 10.9. The van der Waals surface area contributed by atoms with Gasteiger partial charge in [-0.25, -0.2) is 4.79 Å². The van der Waals surface area contributed by atoms with Crippen LogP contribution in [-0.2, 0) is 20.6 Å². The molecule has 0 saturated heterocycles. The second kappa shape index (κ2) is 8.16. The average Bonchev–Trinajstić information content (AvgIpc) is 2.35. The molecule has 1 N–H and O–H groups in total. The number of hydrogen-bond donors (Lipinski definition) is 1. The molecule has 0 aliphatic heterocycles. The molecule has 1 atom stereocenters. The minimum Gasteiger partial charge on any atom is -0.558 e. The van der Waals surface area contributed by atoms with Gasteiger partial charge < -0.3 is 9.73 Å². The van der Waals surface area contributed by atoms with Crippen molar-refractivity contribution in [3.8, 4) is 5.75 Å². The van der Waals surface area contributed by atoms with Crippen molar-refractivity contribution in [2.24, 2.45) is 0 Å². The van der Waals surface area contributed by atoms with Crippen molar-refractivity contribution < 1.29 is 23.6 Å². The number of carbonyl (C=O) groups is 1. The zero-order valence-electron chi connectivity index (χ0n) is 9.30. The van der Waals surface area contributed by atoms with Crippen molar-refractivity contribution in [1.29, 1.82) is 0 Å². The Hall–Kier alpha value is -1.01. The Morgan fingerprint density at radius 3 is 2.61 bits per heavy atom. The molecule has 0 aliphatic rings. The summed E-state index contributed by atoms with van der Waals surface area (Å²) in [5.74, 6) is -0.119. The van der Waals surface area contributed by atoms with Gasteiger partial charge in [-0.2, -0.15) is 5.48 Å². The number of halogens is 1. The summed E-state index contributed by atoms with van der Waals surface area (Å²) >= 11 is 2.96. The van der Waals surface area contributed by atoms with E-state index >= 15 is 0 Å². The van der Waals surface area contributed by atoms with Gasteiger partial charge in [0.25, 0.3) is 0 Å². The van der Waals surface area contributed by atoms with Gasteiger partial charge in [-0.05, 0) is 28.7 Å². The summed E-state index contributed by atoms with van der Waals surface area (Å²) in [5.41, 5.74) is 3.49. The van der Waals surface area contributed by atoms with E-state index in [0.29, 0.717) is 13.0 Å². The Balaban J connectivity index is 2.31. The Labute approximate surface area is 113 Å². The van der Waals surface area contributed by atoms with Crippen LogP contribution >= 0.6 is 24.2 Å². The molecule has 0 bridgehead atoms. The van der Waals surface area contributed by atoms with Crippen LogP contribution in [0.4, 0.5) is 0 Å². The molecule has 0 heterocycles. The fourth-order valence-corrected chi connectivity index (χ4v) is 1.57. The van der Waals surface area contributed by atoms with E-state index < -0.39 is 14.2 Å². The van der Waals surface area contributed by atoms with E-state index in [2.05, 4.69) is 30.8 Å². The monoisotopic (exact) mass is 335 g/mol. The first-order valence-electron chi connectivity index (χ1n) is 5.01. The molecule has 0 radical (unpaired) electrons. The smallest absolute Gasteiger partial charge is 0.539 e. The summed E-state index contributed by atoms with van der Waals surface area (Å²) in [7, 11) is -2.88. The van der Waals surface area contributed by atoms with Gasteiger partial charge in [0.15, 0.2) is 5.75 Å². The van der Waals surface area contributed by atoms with Crippen molar-refractivity contribution in [3.63, 3.8) is 0 Å². The first kappa shape index (κ1) is 15.0. The Bertz CT molecular complexity index is 411. The third-order valence-corrected chi connectivity index (χ3v) is 2.73. The number of hydroxylamine groups is 1. The molecule has 8 heteroatoms. The quantitative estimate of drug-likeness (QED) is 0.347. The summed E-state index contributed by atoms with van der Waals surface area (Å²) in [5, 5.41) is 0.138. The Morgan fingerprint density at radius 1 is 1.39 bits per heavy atom. The summed E-state index contributed by atoms with van der Waals surface area (Å²) in [6, 6.07) is 6.60. The summed E-state index contributed by atoms with van der Waals surface area (Å²) in [6.07, 6.45) is 0.638. The van der Waals surface area contributed by atoms with Crippen LogP contribution in [0, 0.1) is 0 Å². The SMILES string of the molecule is O=C(CBr)ONCCc1ccc(O[P+](=O)[O-])cc1. The number of hydrogen-bond acceptors (Lipinski definition) is 6. The van der Waals surface area contributed by atoms with Crippen molar-refractivity contribution in [2.75, 3.05) is 11.9 Å². The first-order valence-corrected chi connectivity index (χ1v) is 7.23. The van der Waals surface area contributed by atoms with E-state index in [1.165, 1.54) is 0 Å². The van der Waals surface area contributed by atoms with Gasteiger partial charge in [0, 0.05) is 6.54 Å². The van der Waals surface area contributed by atoms with Crippen LogP contribution in [0.2, 0.25) is 0 Å². The van der Waals surface area contributed by atoms with Crippen LogP contribution in [0.3, 0.4) is 0 Å². The summed E-state index contributed by atoms with van der Waals surface area (Å²) in [6.45, 7) is 0.467. The van der Waals surface area contributed by atoms with Gasteiger partial charge in [-0.3, -0.25) is 4.52 Å². The lowest BCUT2D eigenvalue weighted by atomic mass is 10.1. The molecule has 6 nitrogen and oxygen atoms in total. The lowest BCUT2D eigenvalue weighted by Gasteiger charge is -2.04. The molecule has 0 spiro atoms. The van der Waals surface area contributed by atoms with E-state index in [4.69, 9.17) is 0 Å². The highest BCUT2D eigenvalue weighted by molar-refractivity contribution is 9.09. The van der Waals surface area contributed by atoms with Gasteiger partial charge in [-0.15, -0.1) is 0 Å². The van der Waals surface area contributed by atoms with E-state index in [1.54, 1.807) is 24.3 Å². The Kier molecular flexibility index (Phi) is 6.82. The van der Waals surface area contributed by atoms with Crippen LogP contribution in [0.15, 0.2) is 24.3 Å². The average molecular weight is 336 g/mol. The van der Waals surface area contributed by atoms with E-state index in [9.17, 15) is 14.3 Å². The van der Waals surface area contributed by atoms with E-state index in [1.807, 2.05) is 0 Å². The maximum atomic E-state index is 10.8. The third kappa shape index (κ3) is 6.07. The largest absolute Gasteiger partial charge is 0.558 e. The predicted octanol–water partition coefficient (Wildman–Crippen LogP) is 1.07. The van der Waals surface area contributed by atoms with E-state index in [-0.39, 0.29) is 11.1 Å². The summed E-state index contributed by atoms with van der Waals surface area (Å²) in [4.78, 5) is 25.7. The van der Waals surface area contributed by atoms with Gasteiger partial charge in [0.05, 0.1) is 0 Å². The number of carbonyl (C=O) groups excluding carboxylic acids is 1. The van der Waals surface area contributed by atoms with Crippen LogP contribution in [0.5, 0.6) is 5.75 Å². The molecule has 1 aromatic rings. The first-order chi connectivity index (χ1) is 8.61. The van der Waals surface area contributed by atoms with Gasteiger partial charge in [0.1, 0.15) is 5.33 Å². The fraction of sp³-hybridized carbons (Fsp3) is 0.300. The van der Waals surface area contributed by atoms with Gasteiger partial charge >= 0.3 is 14.2 Å². The van der Waals surface area contributed by atoms with Crippen LogP contribution in [-0.4, -0.2) is 17.8 Å². The molecule has 1 unspecified atom stereocenters. The standard InChI is InChI=1S/C10H11BrNO5P/c11-7-10(13)16-12-6-5-8-1-3-9(4-2-8)17-18(14)15/h1-4,12H,5-7H2. The molecule has 0 amide bonds. The molecule has 1 rings (SSSR count). The minimum atomic E-state index is -2.88. The van der Waals surface area contributed by atoms with Gasteiger partial charge in [0.2, 0.25) is 0 Å². The topological polar surface area (TPSA) is 87.7 Å². The highest BCUT2D eigenvalue weighted by Gasteiger charge is 2.04. The third-order valence-electron chi connectivity index (χ3n) is 1.91. The lowest BCUT2D eigenvalue weighted by Crippen LogP contribution is -2.22. The van der Waals surface area contributed by atoms with Crippen molar-refractivity contribution in [1.82, 2.24) is 5.48 Å². The number of nitrogens with one attached hydrogen (secondary N) is 1. The lowest BCUT2D eigenvalue weighted by molar-refractivity contribution is -0.178. The van der Waals surface area contributed by atoms with Crippen molar-refractivity contribution >= 4 is 30.2 Å². The zero-order valence-corrected chi connectivity index (χ0v) is 11.8. The number of alkyl halides is 1. The maximum absolute atomic E-state index is 10.8. The van der Waals surface area contributed by atoms with E-state index in [0.717, 1.165) is 5.56 Å². The zero-order chi connectivity index (χ0) is 13.4. The fourth-order valence-electron chi connectivity index (χ4n) is 1.16. The minimum absolute atomic E-state index is 0.138. The molecule has 0 saturated carbocycles. The predicted molar refractivity (Wildman–Crippen MR) is 66.3 cm³/mol. The second-order valence-corrected chi connectivity index (χ2v) is 4.40. The van der Waals surface area contributed by atoms with Crippen LogP contribution in [0.1, 0.15) is 5.56 Å². The van der Waals surface area contributed by atoms with Crippen LogP contribution in [0.25, 0.3) is 0 Å². The molecular formula is C10H11BrNO5P.